The van der Waals surface area contributed by atoms with E-state index in [-0.39, 0.29) is 5.97 Å². The molecule has 0 atom stereocenters. The number of esters is 1. The molecular formula is C16H16N2O2. The van der Waals surface area contributed by atoms with E-state index in [1.54, 1.807) is 13.0 Å². The van der Waals surface area contributed by atoms with Crippen molar-refractivity contribution >= 4 is 12.0 Å². The van der Waals surface area contributed by atoms with Crippen molar-refractivity contribution in [1.82, 2.24) is 9.78 Å². The monoisotopic (exact) mass is 268 g/mol. The minimum absolute atomic E-state index is 0.333. The van der Waals surface area contributed by atoms with E-state index in [9.17, 15) is 4.79 Å². The summed E-state index contributed by atoms with van der Waals surface area (Å²) in [7, 11) is 0. The Bertz CT molecular complexity index is 686. The molecule has 1 aromatic heterocycles. The van der Waals surface area contributed by atoms with Gasteiger partial charge in [0.25, 0.3) is 0 Å². The van der Waals surface area contributed by atoms with E-state index < -0.39 is 0 Å². The first-order valence-electron chi connectivity index (χ1n) is 6.75. The van der Waals surface area contributed by atoms with E-state index in [4.69, 9.17) is 4.74 Å². The average molecular weight is 268 g/mol. The van der Waals surface area contributed by atoms with Crippen LogP contribution in [-0.4, -0.2) is 22.4 Å². The molecule has 1 aromatic carbocycles. The van der Waals surface area contributed by atoms with E-state index >= 15 is 0 Å². The fourth-order valence-corrected chi connectivity index (χ4v) is 2.66. The lowest BCUT2D eigenvalue weighted by molar-refractivity contribution is 0.0527. The minimum Gasteiger partial charge on any atom is -0.462 e. The highest BCUT2D eigenvalue weighted by atomic mass is 16.5. The largest absolute Gasteiger partial charge is 0.462 e. The number of rotatable bonds is 3. The standard InChI is InChI=1S/C16H16N2O2/c1-3-13-14(16(19)20-4-2)15-12-8-6-5-7-11(12)9-10-18(15)17-13/h3,5-8H,1,4,9-10H2,2H3. The van der Waals surface area contributed by atoms with Crippen LogP contribution in [0.5, 0.6) is 0 Å². The number of benzene rings is 1. The van der Waals surface area contributed by atoms with Crippen LogP contribution in [0.1, 0.15) is 28.5 Å². The van der Waals surface area contributed by atoms with Gasteiger partial charge in [0.1, 0.15) is 5.56 Å². The number of hydrogen-bond acceptors (Lipinski definition) is 3. The van der Waals surface area contributed by atoms with Crippen molar-refractivity contribution in [2.24, 2.45) is 0 Å². The van der Waals surface area contributed by atoms with Crippen LogP contribution >= 0.6 is 0 Å². The number of carbonyl (C=O) groups excluding carboxylic acids is 1. The van der Waals surface area contributed by atoms with Crippen LogP contribution in [0.3, 0.4) is 0 Å². The van der Waals surface area contributed by atoms with Gasteiger partial charge in [-0.3, -0.25) is 4.68 Å². The second kappa shape index (κ2) is 4.96. The van der Waals surface area contributed by atoms with Gasteiger partial charge in [0, 0.05) is 12.1 Å². The minimum atomic E-state index is -0.333. The molecule has 0 unspecified atom stereocenters. The molecule has 0 aliphatic carbocycles. The second-order valence-electron chi connectivity index (χ2n) is 4.66. The first kappa shape index (κ1) is 12.7. The molecule has 2 aromatic rings. The SMILES string of the molecule is C=Cc1nn2c(c1C(=O)OCC)-c1ccccc1CC2. The number of hydrogen-bond donors (Lipinski definition) is 0. The fraction of sp³-hybridized carbons (Fsp3) is 0.250. The van der Waals surface area contributed by atoms with Gasteiger partial charge >= 0.3 is 5.97 Å². The van der Waals surface area contributed by atoms with Crippen molar-refractivity contribution in [2.45, 2.75) is 19.9 Å². The summed E-state index contributed by atoms with van der Waals surface area (Å²) in [4.78, 5) is 12.2. The van der Waals surface area contributed by atoms with E-state index in [1.807, 2.05) is 22.9 Å². The highest BCUT2D eigenvalue weighted by molar-refractivity contribution is 6.00. The van der Waals surface area contributed by atoms with Gasteiger partial charge in [-0.1, -0.05) is 30.8 Å². The zero-order valence-electron chi connectivity index (χ0n) is 11.4. The molecule has 1 aliphatic rings. The van der Waals surface area contributed by atoms with Crippen molar-refractivity contribution in [1.29, 1.82) is 0 Å². The van der Waals surface area contributed by atoms with Crippen molar-refractivity contribution in [2.75, 3.05) is 6.61 Å². The van der Waals surface area contributed by atoms with E-state index in [1.165, 1.54) is 5.56 Å². The molecule has 0 N–H and O–H groups in total. The van der Waals surface area contributed by atoms with Gasteiger partial charge in [0.15, 0.2) is 0 Å². The lowest BCUT2D eigenvalue weighted by Crippen LogP contribution is -2.14. The molecule has 2 heterocycles. The Labute approximate surface area is 117 Å². The van der Waals surface area contributed by atoms with Crippen LogP contribution in [0.2, 0.25) is 0 Å². The van der Waals surface area contributed by atoms with Crippen LogP contribution < -0.4 is 0 Å². The Morgan fingerprint density at radius 2 is 2.30 bits per heavy atom. The fourth-order valence-electron chi connectivity index (χ4n) is 2.66. The molecule has 20 heavy (non-hydrogen) atoms. The number of nitrogens with zero attached hydrogens (tertiary/aromatic N) is 2. The summed E-state index contributed by atoms with van der Waals surface area (Å²) in [6.45, 7) is 6.67. The summed E-state index contributed by atoms with van der Waals surface area (Å²) in [5.41, 5.74) is 4.26. The maximum absolute atomic E-state index is 12.2. The van der Waals surface area contributed by atoms with Crippen LogP contribution in [0.25, 0.3) is 17.3 Å². The molecule has 4 nitrogen and oxygen atoms in total. The average Bonchev–Trinajstić information content (AvgIpc) is 2.86. The Hall–Kier alpha value is -2.36. The third-order valence-corrected chi connectivity index (χ3v) is 3.52. The zero-order valence-corrected chi connectivity index (χ0v) is 11.4. The highest BCUT2D eigenvalue weighted by Gasteiger charge is 2.28. The zero-order chi connectivity index (χ0) is 14.1. The molecule has 4 heteroatoms. The molecule has 0 spiro atoms. The Morgan fingerprint density at radius 3 is 3.05 bits per heavy atom. The number of aryl methyl sites for hydroxylation is 2. The van der Waals surface area contributed by atoms with E-state index in [2.05, 4.69) is 17.7 Å². The van der Waals surface area contributed by atoms with E-state index in [0.717, 1.165) is 24.2 Å². The molecule has 0 radical (unpaired) electrons. The van der Waals surface area contributed by atoms with Gasteiger partial charge in [-0.25, -0.2) is 4.79 Å². The summed E-state index contributed by atoms with van der Waals surface area (Å²) in [6.07, 6.45) is 2.53. The molecule has 0 fully saturated rings. The molecule has 0 bridgehead atoms. The van der Waals surface area contributed by atoms with Crippen molar-refractivity contribution in [3.63, 3.8) is 0 Å². The van der Waals surface area contributed by atoms with Crippen molar-refractivity contribution in [3.8, 4) is 11.3 Å². The lowest BCUT2D eigenvalue weighted by Gasteiger charge is -2.18. The number of fused-ring (bicyclic) bond motifs is 3. The third-order valence-electron chi connectivity index (χ3n) is 3.52. The smallest absolute Gasteiger partial charge is 0.342 e. The number of carbonyl (C=O) groups is 1. The lowest BCUT2D eigenvalue weighted by atomic mass is 9.95. The molecule has 0 saturated carbocycles. The van der Waals surface area contributed by atoms with Crippen LogP contribution in [-0.2, 0) is 17.7 Å². The summed E-state index contributed by atoms with van der Waals surface area (Å²) in [6, 6.07) is 8.11. The van der Waals surface area contributed by atoms with Crippen molar-refractivity contribution < 1.29 is 9.53 Å². The van der Waals surface area contributed by atoms with Crippen LogP contribution in [0.4, 0.5) is 0 Å². The third kappa shape index (κ3) is 1.84. The van der Waals surface area contributed by atoms with Gasteiger partial charge in [0.05, 0.1) is 18.0 Å². The summed E-state index contributed by atoms with van der Waals surface area (Å²) in [5, 5.41) is 4.47. The highest BCUT2D eigenvalue weighted by Crippen LogP contribution is 2.34. The summed E-state index contributed by atoms with van der Waals surface area (Å²) < 4.78 is 7.05. The Morgan fingerprint density at radius 1 is 1.50 bits per heavy atom. The van der Waals surface area contributed by atoms with Crippen molar-refractivity contribution in [3.05, 3.63) is 47.7 Å². The number of ether oxygens (including phenoxy) is 1. The topological polar surface area (TPSA) is 44.1 Å². The number of aromatic nitrogens is 2. The van der Waals surface area contributed by atoms with Gasteiger partial charge < -0.3 is 4.74 Å². The van der Waals surface area contributed by atoms with Crippen LogP contribution in [0, 0.1) is 0 Å². The maximum Gasteiger partial charge on any atom is 0.342 e. The Kier molecular flexibility index (Phi) is 3.14. The summed E-state index contributed by atoms with van der Waals surface area (Å²) >= 11 is 0. The molecular weight excluding hydrogens is 252 g/mol. The molecule has 0 saturated heterocycles. The Balaban J connectivity index is 2.24. The van der Waals surface area contributed by atoms with Gasteiger partial charge in [-0.2, -0.15) is 5.10 Å². The second-order valence-corrected chi connectivity index (χ2v) is 4.66. The first-order valence-corrected chi connectivity index (χ1v) is 6.75. The van der Waals surface area contributed by atoms with Crippen LogP contribution in [0.15, 0.2) is 30.8 Å². The summed E-state index contributed by atoms with van der Waals surface area (Å²) in [5.74, 6) is -0.333. The molecule has 1 aliphatic heterocycles. The van der Waals surface area contributed by atoms with Gasteiger partial charge in [-0.05, 0) is 25.0 Å². The van der Waals surface area contributed by atoms with Gasteiger partial charge in [0.2, 0.25) is 0 Å². The predicted octanol–water partition coefficient (Wildman–Crippen LogP) is 2.93. The molecule has 102 valence electrons. The predicted molar refractivity (Wildman–Crippen MR) is 77.4 cm³/mol. The molecule has 3 rings (SSSR count). The van der Waals surface area contributed by atoms with E-state index in [0.29, 0.717) is 17.9 Å². The maximum atomic E-state index is 12.2. The molecule has 0 amide bonds. The first-order chi connectivity index (χ1) is 9.76. The normalized spacial score (nSPS) is 12.4. The quantitative estimate of drug-likeness (QED) is 0.804. The van der Waals surface area contributed by atoms with Gasteiger partial charge in [-0.15, -0.1) is 0 Å².